The summed E-state index contributed by atoms with van der Waals surface area (Å²) in [5, 5.41) is 4.41. The molecule has 1 heterocycles. The normalized spacial score (nSPS) is 12.3. The average Bonchev–Trinajstić information content (AvgIpc) is 3.01. The van der Waals surface area contributed by atoms with E-state index < -0.39 is 11.7 Å². The largest absolute Gasteiger partial charge is 0.416 e. The lowest BCUT2D eigenvalue weighted by molar-refractivity contribution is -0.137. The molecule has 0 atom stereocenters. The van der Waals surface area contributed by atoms with Crippen molar-refractivity contribution in [2.75, 3.05) is 0 Å². The summed E-state index contributed by atoms with van der Waals surface area (Å²) in [4.78, 5) is 0. The van der Waals surface area contributed by atoms with Crippen molar-refractivity contribution in [2.24, 2.45) is 7.05 Å². The van der Waals surface area contributed by atoms with Crippen LogP contribution < -0.4 is 0 Å². The zero-order valence-corrected chi connectivity index (χ0v) is 17.5. The van der Waals surface area contributed by atoms with Crippen LogP contribution in [0.2, 0.25) is 0 Å². The SMILES string of the molecule is Cn1c2ccccc2c2c(-c3ccc(C(F)(F)F)cc3)c(I)c3ccccc3c21. The molecule has 5 aromatic rings. The van der Waals surface area contributed by atoms with Gasteiger partial charge in [-0.3, -0.25) is 0 Å². The van der Waals surface area contributed by atoms with Gasteiger partial charge in [-0.2, -0.15) is 13.2 Å². The van der Waals surface area contributed by atoms with Gasteiger partial charge in [0.05, 0.1) is 11.1 Å². The topological polar surface area (TPSA) is 4.93 Å². The minimum Gasteiger partial charge on any atom is -0.343 e. The Morgan fingerprint density at radius 1 is 0.759 bits per heavy atom. The van der Waals surface area contributed by atoms with Crippen LogP contribution in [0.15, 0.2) is 72.8 Å². The first-order valence-electron chi connectivity index (χ1n) is 9.13. The van der Waals surface area contributed by atoms with E-state index in [1.54, 1.807) is 12.1 Å². The maximum Gasteiger partial charge on any atom is 0.416 e. The Bertz CT molecular complexity index is 1400. The summed E-state index contributed by atoms with van der Waals surface area (Å²) in [6.07, 6.45) is -4.34. The molecule has 1 aromatic heterocycles. The smallest absolute Gasteiger partial charge is 0.343 e. The van der Waals surface area contributed by atoms with Gasteiger partial charge in [-0.05, 0) is 51.7 Å². The lowest BCUT2D eigenvalue weighted by Crippen LogP contribution is -2.04. The molecule has 0 amide bonds. The van der Waals surface area contributed by atoms with Crippen LogP contribution >= 0.6 is 22.6 Å². The molecule has 5 heteroatoms. The number of halogens is 4. The van der Waals surface area contributed by atoms with Crippen molar-refractivity contribution in [2.45, 2.75) is 6.18 Å². The molecule has 0 aliphatic carbocycles. The number of rotatable bonds is 1. The lowest BCUT2D eigenvalue weighted by Gasteiger charge is -2.14. The van der Waals surface area contributed by atoms with Crippen molar-refractivity contribution in [3.8, 4) is 11.1 Å². The van der Waals surface area contributed by atoms with Gasteiger partial charge in [0.2, 0.25) is 0 Å². The Labute approximate surface area is 178 Å². The summed E-state index contributed by atoms with van der Waals surface area (Å²) in [5.74, 6) is 0. The molecule has 0 aliphatic heterocycles. The number of aromatic nitrogens is 1. The second-order valence-corrected chi connectivity index (χ2v) is 8.19. The van der Waals surface area contributed by atoms with Gasteiger partial charge in [0.1, 0.15) is 0 Å². The van der Waals surface area contributed by atoms with Gasteiger partial charge in [0, 0.05) is 37.9 Å². The van der Waals surface area contributed by atoms with Crippen LogP contribution in [-0.2, 0) is 13.2 Å². The van der Waals surface area contributed by atoms with Crippen LogP contribution in [0.25, 0.3) is 43.7 Å². The van der Waals surface area contributed by atoms with Crippen LogP contribution in [0.3, 0.4) is 0 Å². The van der Waals surface area contributed by atoms with Crippen LogP contribution in [0.4, 0.5) is 13.2 Å². The number of benzene rings is 4. The van der Waals surface area contributed by atoms with E-state index in [4.69, 9.17) is 0 Å². The number of nitrogens with zero attached hydrogens (tertiary/aromatic N) is 1. The number of para-hydroxylation sites is 1. The van der Waals surface area contributed by atoms with Crippen molar-refractivity contribution in [1.29, 1.82) is 0 Å². The third-order valence-corrected chi connectivity index (χ3v) is 6.62. The molecule has 0 fully saturated rings. The van der Waals surface area contributed by atoms with Gasteiger partial charge < -0.3 is 4.57 Å². The molecule has 0 N–H and O–H groups in total. The van der Waals surface area contributed by atoms with Crippen molar-refractivity contribution < 1.29 is 13.2 Å². The third-order valence-electron chi connectivity index (χ3n) is 5.50. The summed E-state index contributed by atoms with van der Waals surface area (Å²) in [6.45, 7) is 0. The number of aryl methyl sites for hydroxylation is 1. The van der Waals surface area contributed by atoms with Crippen molar-refractivity contribution in [1.82, 2.24) is 4.57 Å². The number of fused-ring (bicyclic) bond motifs is 5. The molecular weight excluding hydrogens is 486 g/mol. The highest BCUT2D eigenvalue weighted by molar-refractivity contribution is 14.1. The Morgan fingerprint density at radius 2 is 1.34 bits per heavy atom. The van der Waals surface area contributed by atoms with Gasteiger partial charge in [-0.15, -0.1) is 0 Å². The molecule has 5 rings (SSSR count). The zero-order valence-electron chi connectivity index (χ0n) is 15.4. The van der Waals surface area contributed by atoms with Gasteiger partial charge in [0.25, 0.3) is 0 Å². The standard InChI is InChI=1S/C24H15F3IN/c1-29-19-9-5-4-8-18(19)21-20(14-10-12-15(13-11-14)24(25,26)27)22(28)16-6-2-3-7-17(16)23(21)29/h2-13H,1H3. The summed E-state index contributed by atoms with van der Waals surface area (Å²) in [7, 11) is 2.04. The number of alkyl halides is 3. The zero-order chi connectivity index (χ0) is 20.3. The maximum absolute atomic E-state index is 13.1. The molecule has 0 saturated heterocycles. The Kier molecular flexibility index (Phi) is 4.13. The highest BCUT2D eigenvalue weighted by Gasteiger charge is 2.30. The highest BCUT2D eigenvalue weighted by atomic mass is 127. The summed E-state index contributed by atoms with van der Waals surface area (Å²) in [5.41, 5.74) is 3.32. The van der Waals surface area contributed by atoms with Crippen molar-refractivity contribution in [3.05, 3.63) is 81.9 Å². The molecule has 29 heavy (non-hydrogen) atoms. The summed E-state index contributed by atoms with van der Waals surface area (Å²) >= 11 is 2.33. The van der Waals surface area contributed by atoms with E-state index in [-0.39, 0.29) is 0 Å². The fourth-order valence-electron chi connectivity index (χ4n) is 4.18. The van der Waals surface area contributed by atoms with Crippen molar-refractivity contribution in [3.63, 3.8) is 0 Å². The molecule has 4 aromatic carbocycles. The van der Waals surface area contributed by atoms with Gasteiger partial charge in [-0.25, -0.2) is 0 Å². The second kappa shape index (κ2) is 6.49. The molecule has 0 aliphatic rings. The van der Waals surface area contributed by atoms with E-state index >= 15 is 0 Å². The Morgan fingerprint density at radius 3 is 2.00 bits per heavy atom. The van der Waals surface area contributed by atoms with E-state index in [9.17, 15) is 13.2 Å². The first kappa shape index (κ1) is 18.5. The lowest BCUT2D eigenvalue weighted by atomic mass is 9.94. The van der Waals surface area contributed by atoms with Gasteiger partial charge >= 0.3 is 6.18 Å². The van der Waals surface area contributed by atoms with Crippen LogP contribution in [0.5, 0.6) is 0 Å². The molecule has 0 unspecified atom stereocenters. The summed E-state index contributed by atoms with van der Waals surface area (Å²) < 4.78 is 42.4. The molecule has 0 spiro atoms. The maximum atomic E-state index is 13.1. The van der Waals surface area contributed by atoms with E-state index in [0.29, 0.717) is 0 Å². The molecule has 0 saturated carbocycles. The molecule has 144 valence electrons. The fourth-order valence-corrected chi connectivity index (χ4v) is 5.24. The molecule has 0 radical (unpaired) electrons. The number of hydrogen-bond acceptors (Lipinski definition) is 0. The van der Waals surface area contributed by atoms with Gasteiger partial charge in [0.15, 0.2) is 0 Å². The van der Waals surface area contributed by atoms with Crippen LogP contribution in [0, 0.1) is 3.57 Å². The quantitative estimate of drug-likeness (QED) is 0.207. The minimum atomic E-state index is -4.34. The fraction of sp³-hybridized carbons (Fsp3) is 0.0833. The molecule has 0 bridgehead atoms. The van der Waals surface area contributed by atoms with Gasteiger partial charge in [-0.1, -0.05) is 54.6 Å². The Balaban J connectivity index is 1.97. The first-order valence-corrected chi connectivity index (χ1v) is 10.2. The molecule has 1 nitrogen and oxygen atoms in total. The van der Waals surface area contributed by atoms with Crippen molar-refractivity contribution >= 4 is 55.2 Å². The monoisotopic (exact) mass is 501 g/mol. The van der Waals surface area contributed by atoms with E-state index in [1.165, 1.54) is 0 Å². The van der Waals surface area contributed by atoms with Crippen LogP contribution in [0.1, 0.15) is 5.56 Å². The predicted molar refractivity (Wildman–Crippen MR) is 121 cm³/mol. The number of hydrogen-bond donors (Lipinski definition) is 0. The minimum absolute atomic E-state index is 0.633. The summed E-state index contributed by atoms with van der Waals surface area (Å²) in [6, 6.07) is 21.8. The average molecular weight is 501 g/mol. The highest BCUT2D eigenvalue weighted by Crippen LogP contribution is 2.44. The third kappa shape index (κ3) is 2.74. The van der Waals surface area contributed by atoms with E-state index in [1.807, 2.05) is 31.3 Å². The van der Waals surface area contributed by atoms with E-state index in [2.05, 4.69) is 51.4 Å². The predicted octanol–water partition coefficient (Wildman–Crippen LogP) is 7.78. The molecular formula is C24H15F3IN. The Hall–Kier alpha value is -2.54. The van der Waals surface area contributed by atoms with Crippen LogP contribution in [-0.4, -0.2) is 4.57 Å². The first-order chi connectivity index (χ1) is 13.9. The van der Waals surface area contributed by atoms with E-state index in [0.717, 1.165) is 59.4 Å². The second-order valence-electron chi connectivity index (χ2n) is 7.11.